The van der Waals surface area contributed by atoms with Crippen molar-refractivity contribution >= 4 is 15.9 Å². The minimum Gasteiger partial charge on any atom is -0.467 e. The molecule has 1 heterocycles. The summed E-state index contributed by atoms with van der Waals surface area (Å²) in [6.45, 7) is 4.37. The van der Waals surface area contributed by atoms with Crippen LogP contribution in [-0.2, 0) is 10.0 Å². The number of hydrogen-bond acceptors (Lipinski definition) is 4. The predicted octanol–water partition coefficient (Wildman–Crippen LogP) is 3.83. The second kappa shape index (κ2) is 9.07. The molecule has 3 rings (SSSR count). The smallest absolute Gasteiger partial charge is 0.252 e. The Labute approximate surface area is 171 Å². The van der Waals surface area contributed by atoms with Crippen molar-refractivity contribution in [3.05, 3.63) is 89.9 Å². The van der Waals surface area contributed by atoms with E-state index >= 15 is 0 Å². The molecule has 1 atom stereocenters. The van der Waals surface area contributed by atoms with Crippen LogP contribution in [0.1, 0.15) is 41.6 Å². The quantitative estimate of drug-likeness (QED) is 0.610. The minimum absolute atomic E-state index is 0.170. The maximum atomic E-state index is 12.8. The molecule has 152 valence electrons. The summed E-state index contributed by atoms with van der Waals surface area (Å²) >= 11 is 0. The molecule has 1 aromatic heterocycles. The maximum Gasteiger partial charge on any atom is 0.252 e. The number of carbonyl (C=O) groups excluding carboxylic acids is 1. The van der Waals surface area contributed by atoms with Crippen molar-refractivity contribution in [2.75, 3.05) is 13.1 Å². The topological polar surface area (TPSA) is 79.6 Å². The van der Waals surface area contributed by atoms with Crippen LogP contribution < -0.4 is 5.32 Å². The molecule has 1 N–H and O–H groups in total. The van der Waals surface area contributed by atoms with E-state index in [4.69, 9.17) is 4.42 Å². The molecule has 0 radical (unpaired) electrons. The molecule has 0 aliphatic heterocycles. The SMILES string of the molecule is CCN(CC)S(=O)(=O)c1ccc(C(=O)N[C@@H](c2ccccc2)c2ccco2)cc1. The molecule has 1 amide bonds. The number of furan rings is 1. The Morgan fingerprint density at radius 3 is 2.17 bits per heavy atom. The summed E-state index contributed by atoms with van der Waals surface area (Å²) in [5, 5.41) is 2.96. The van der Waals surface area contributed by atoms with Gasteiger partial charge in [0.05, 0.1) is 11.2 Å². The zero-order valence-electron chi connectivity index (χ0n) is 16.4. The van der Waals surface area contributed by atoms with Gasteiger partial charge in [-0.3, -0.25) is 4.79 Å². The summed E-state index contributed by atoms with van der Waals surface area (Å²) in [5.74, 6) is 0.298. The van der Waals surface area contributed by atoms with E-state index in [1.165, 1.54) is 28.6 Å². The van der Waals surface area contributed by atoms with Gasteiger partial charge in [-0.25, -0.2) is 8.42 Å². The zero-order chi connectivity index (χ0) is 20.9. The molecule has 0 aliphatic rings. The summed E-state index contributed by atoms with van der Waals surface area (Å²) in [4.78, 5) is 13.0. The van der Waals surface area contributed by atoms with E-state index in [1.807, 2.05) is 30.3 Å². The molecular formula is C22H24N2O4S. The fourth-order valence-corrected chi connectivity index (χ4v) is 4.58. The number of hydrogen-bond donors (Lipinski definition) is 1. The molecule has 3 aromatic rings. The Kier molecular flexibility index (Phi) is 6.51. The lowest BCUT2D eigenvalue weighted by Gasteiger charge is -2.19. The second-order valence-electron chi connectivity index (χ2n) is 6.45. The molecule has 0 aliphatic carbocycles. The van der Waals surface area contributed by atoms with Gasteiger partial charge in [0.1, 0.15) is 11.8 Å². The highest BCUT2D eigenvalue weighted by Crippen LogP contribution is 2.23. The number of nitrogens with zero attached hydrogens (tertiary/aromatic N) is 1. The van der Waals surface area contributed by atoms with E-state index in [9.17, 15) is 13.2 Å². The molecular weight excluding hydrogens is 388 g/mol. The Balaban J connectivity index is 1.83. The summed E-state index contributed by atoms with van der Waals surface area (Å²) < 4.78 is 32.1. The monoisotopic (exact) mass is 412 g/mol. The highest BCUT2D eigenvalue weighted by molar-refractivity contribution is 7.89. The van der Waals surface area contributed by atoms with Crippen molar-refractivity contribution in [1.82, 2.24) is 9.62 Å². The van der Waals surface area contributed by atoms with Crippen LogP contribution in [-0.4, -0.2) is 31.7 Å². The van der Waals surface area contributed by atoms with Crippen molar-refractivity contribution in [3.8, 4) is 0 Å². The largest absolute Gasteiger partial charge is 0.467 e. The zero-order valence-corrected chi connectivity index (χ0v) is 17.2. The third kappa shape index (κ3) is 4.58. The van der Waals surface area contributed by atoms with Crippen LogP contribution in [0.15, 0.2) is 82.3 Å². The minimum atomic E-state index is -3.56. The summed E-state index contributed by atoms with van der Waals surface area (Å²) in [5.41, 5.74) is 1.26. The fourth-order valence-electron chi connectivity index (χ4n) is 3.13. The number of rotatable bonds is 8. The van der Waals surface area contributed by atoms with Crippen LogP contribution in [0.3, 0.4) is 0 Å². The molecule has 7 heteroatoms. The van der Waals surface area contributed by atoms with Crippen LogP contribution in [0.25, 0.3) is 0 Å². The standard InChI is InChI=1S/C22H24N2O4S/c1-3-24(4-2)29(26,27)19-14-12-18(13-15-19)22(25)23-21(20-11-8-16-28-20)17-9-6-5-7-10-17/h5-16,21H,3-4H2,1-2H3,(H,23,25)/t21-/m0/s1. The van der Waals surface area contributed by atoms with Gasteiger partial charge in [0.2, 0.25) is 10.0 Å². The molecule has 6 nitrogen and oxygen atoms in total. The van der Waals surface area contributed by atoms with Crippen LogP contribution in [0.5, 0.6) is 0 Å². The molecule has 0 unspecified atom stereocenters. The molecule has 0 spiro atoms. The van der Waals surface area contributed by atoms with Gasteiger partial charge in [0.25, 0.3) is 5.91 Å². The van der Waals surface area contributed by atoms with Crippen LogP contribution >= 0.6 is 0 Å². The number of nitrogens with one attached hydrogen (secondary N) is 1. The fraction of sp³-hybridized carbons (Fsp3) is 0.227. The summed E-state index contributed by atoms with van der Waals surface area (Å²) in [7, 11) is -3.56. The van der Waals surface area contributed by atoms with Crippen LogP contribution in [0.2, 0.25) is 0 Å². The van der Waals surface area contributed by atoms with Crippen LogP contribution in [0.4, 0.5) is 0 Å². The average Bonchev–Trinajstić information content (AvgIpc) is 3.28. The predicted molar refractivity (Wildman–Crippen MR) is 111 cm³/mol. The maximum absolute atomic E-state index is 12.8. The third-order valence-corrected chi connectivity index (χ3v) is 6.76. The molecule has 0 saturated carbocycles. The van der Waals surface area contributed by atoms with Gasteiger partial charge in [0, 0.05) is 18.7 Å². The lowest BCUT2D eigenvalue weighted by molar-refractivity contribution is 0.0939. The Morgan fingerprint density at radius 1 is 0.966 bits per heavy atom. The lowest BCUT2D eigenvalue weighted by atomic mass is 10.0. The first kappa shape index (κ1) is 20.8. The summed E-state index contributed by atoms with van der Waals surface area (Å²) in [6, 6.07) is 18.6. The summed E-state index contributed by atoms with van der Waals surface area (Å²) in [6.07, 6.45) is 1.56. The molecule has 29 heavy (non-hydrogen) atoms. The van der Waals surface area contributed by atoms with Crippen LogP contribution in [0, 0.1) is 0 Å². The number of amides is 1. The molecule has 0 saturated heterocycles. The van der Waals surface area contributed by atoms with Crippen molar-refractivity contribution in [2.45, 2.75) is 24.8 Å². The van der Waals surface area contributed by atoms with Gasteiger partial charge in [0.15, 0.2) is 0 Å². The highest BCUT2D eigenvalue weighted by atomic mass is 32.2. The average molecular weight is 413 g/mol. The van der Waals surface area contributed by atoms with E-state index in [-0.39, 0.29) is 10.8 Å². The van der Waals surface area contributed by atoms with E-state index in [0.717, 1.165) is 5.56 Å². The van der Waals surface area contributed by atoms with Crippen molar-refractivity contribution < 1.29 is 17.6 Å². The second-order valence-corrected chi connectivity index (χ2v) is 8.38. The van der Waals surface area contributed by atoms with Crippen molar-refractivity contribution in [2.24, 2.45) is 0 Å². The van der Waals surface area contributed by atoms with Crippen molar-refractivity contribution in [1.29, 1.82) is 0 Å². The first-order chi connectivity index (χ1) is 14.0. The van der Waals surface area contributed by atoms with E-state index in [1.54, 1.807) is 32.2 Å². The normalized spacial score (nSPS) is 12.7. The van der Waals surface area contributed by atoms with E-state index in [0.29, 0.717) is 24.4 Å². The Morgan fingerprint density at radius 2 is 1.62 bits per heavy atom. The third-order valence-electron chi connectivity index (χ3n) is 4.70. The van der Waals surface area contributed by atoms with Gasteiger partial charge >= 0.3 is 0 Å². The van der Waals surface area contributed by atoms with Gasteiger partial charge < -0.3 is 9.73 Å². The van der Waals surface area contributed by atoms with Gasteiger partial charge in [-0.2, -0.15) is 4.31 Å². The first-order valence-corrected chi connectivity index (χ1v) is 10.9. The first-order valence-electron chi connectivity index (χ1n) is 9.46. The van der Waals surface area contributed by atoms with Gasteiger partial charge in [-0.1, -0.05) is 44.2 Å². The Bertz CT molecular complexity index is 1030. The highest BCUT2D eigenvalue weighted by Gasteiger charge is 2.23. The van der Waals surface area contributed by atoms with Gasteiger partial charge in [-0.15, -0.1) is 0 Å². The molecule has 0 fully saturated rings. The lowest BCUT2D eigenvalue weighted by Crippen LogP contribution is -2.31. The van der Waals surface area contributed by atoms with E-state index in [2.05, 4.69) is 5.32 Å². The molecule has 2 aromatic carbocycles. The number of carbonyl (C=O) groups is 1. The number of benzene rings is 2. The Hall–Kier alpha value is -2.90. The van der Waals surface area contributed by atoms with Crippen molar-refractivity contribution in [3.63, 3.8) is 0 Å². The molecule has 0 bridgehead atoms. The van der Waals surface area contributed by atoms with Gasteiger partial charge in [-0.05, 0) is 42.0 Å². The van der Waals surface area contributed by atoms with E-state index < -0.39 is 16.1 Å². The number of sulfonamides is 1.